The molecule has 0 atom stereocenters. The van der Waals surface area contributed by atoms with Gasteiger partial charge in [0.25, 0.3) is 11.4 Å². The second-order valence-corrected chi connectivity index (χ2v) is 3.77. The number of esters is 1. The summed E-state index contributed by atoms with van der Waals surface area (Å²) >= 11 is 5.39. The highest BCUT2D eigenvalue weighted by atomic mass is 35.5. The van der Waals surface area contributed by atoms with Gasteiger partial charge in [0.15, 0.2) is 0 Å². The van der Waals surface area contributed by atoms with Crippen molar-refractivity contribution in [2.75, 3.05) is 12.5 Å². The molecule has 0 N–H and O–H groups in total. The first-order valence-electron chi connectivity index (χ1n) is 5.13. The summed E-state index contributed by atoms with van der Waals surface area (Å²) in [5.74, 6) is -0.623. The van der Waals surface area contributed by atoms with Crippen molar-refractivity contribution in [2.24, 2.45) is 0 Å². The Hall–Kier alpha value is -2.22. The van der Waals surface area contributed by atoms with Crippen LogP contribution in [0.1, 0.15) is 16.8 Å². The minimum atomic E-state index is -0.910. The van der Waals surface area contributed by atoms with Crippen LogP contribution in [0, 0.1) is 20.2 Å². The summed E-state index contributed by atoms with van der Waals surface area (Å²) in [6.45, 7) is 0.0243. The van der Waals surface area contributed by atoms with Crippen LogP contribution in [0.25, 0.3) is 0 Å². The summed E-state index contributed by atoms with van der Waals surface area (Å²) in [6, 6.07) is 2.72. The number of nitro benzene ring substituents is 2. The minimum absolute atomic E-state index is 0.0243. The highest BCUT2D eigenvalue weighted by Gasteiger charge is 2.24. The molecule has 0 saturated carbocycles. The van der Waals surface area contributed by atoms with E-state index in [0.717, 1.165) is 18.2 Å². The number of rotatable bonds is 6. The Morgan fingerprint density at radius 3 is 2.47 bits per heavy atom. The fourth-order valence-electron chi connectivity index (χ4n) is 1.25. The molecule has 0 amide bonds. The summed E-state index contributed by atoms with van der Waals surface area (Å²) in [5.41, 5.74) is -1.46. The summed E-state index contributed by atoms with van der Waals surface area (Å²) in [6.07, 6.45) is 0.411. The first-order valence-corrected chi connectivity index (χ1v) is 5.66. The molecule has 0 fully saturated rings. The van der Waals surface area contributed by atoms with Gasteiger partial charge >= 0.3 is 5.97 Å². The topological polar surface area (TPSA) is 113 Å². The number of hydrogen-bond acceptors (Lipinski definition) is 6. The molecule has 8 nitrogen and oxygen atoms in total. The number of carbonyl (C=O) groups excluding carboxylic acids is 1. The van der Waals surface area contributed by atoms with Crippen molar-refractivity contribution in [2.45, 2.75) is 6.42 Å². The maximum absolute atomic E-state index is 11.6. The van der Waals surface area contributed by atoms with Crippen LogP contribution in [-0.4, -0.2) is 28.3 Å². The highest BCUT2D eigenvalue weighted by Crippen LogP contribution is 2.25. The number of non-ortho nitro benzene ring substituents is 1. The largest absolute Gasteiger partial charge is 0.462 e. The van der Waals surface area contributed by atoms with Gasteiger partial charge in [-0.25, -0.2) is 4.79 Å². The number of ether oxygens (including phenoxy) is 1. The molecule has 0 aliphatic carbocycles. The maximum Gasteiger partial charge on any atom is 0.345 e. The molecule has 1 aromatic carbocycles. The quantitative estimate of drug-likeness (QED) is 0.261. The standard InChI is InChI=1S/C10H9ClN2O6/c11-4-1-5-19-10(14)8-3-2-7(12(15)16)6-9(8)13(17)18/h2-3,6H,1,4-5H2. The van der Waals surface area contributed by atoms with E-state index in [2.05, 4.69) is 0 Å². The molecule has 0 aliphatic rings. The number of halogens is 1. The first kappa shape index (κ1) is 14.8. The number of benzene rings is 1. The molecule has 9 heteroatoms. The molecular weight excluding hydrogens is 280 g/mol. The van der Waals surface area contributed by atoms with Gasteiger partial charge in [0.1, 0.15) is 5.56 Å². The van der Waals surface area contributed by atoms with E-state index < -0.39 is 27.2 Å². The SMILES string of the molecule is O=C(OCCCCl)c1ccc([N+](=O)[O-])cc1[N+](=O)[O-]. The molecule has 1 rings (SSSR count). The van der Waals surface area contributed by atoms with Crippen molar-refractivity contribution in [1.29, 1.82) is 0 Å². The number of hydrogen-bond donors (Lipinski definition) is 0. The molecule has 102 valence electrons. The summed E-state index contributed by atoms with van der Waals surface area (Å²) in [4.78, 5) is 31.2. The van der Waals surface area contributed by atoms with Crippen LogP contribution in [0.2, 0.25) is 0 Å². The van der Waals surface area contributed by atoms with Gasteiger partial charge in [-0.15, -0.1) is 11.6 Å². The molecule has 0 aromatic heterocycles. The van der Waals surface area contributed by atoms with E-state index in [1.54, 1.807) is 0 Å². The normalized spacial score (nSPS) is 9.95. The molecule has 1 aromatic rings. The third-order valence-corrected chi connectivity index (χ3v) is 2.39. The number of alkyl halides is 1. The van der Waals surface area contributed by atoms with Crippen molar-refractivity contribution >= 4 is 28.9 Å². The summed E-state index contributed by atoms with van der Waals surface area (Å²) < 4.78 is 4.76. The molecule has 0 aliphatic heterocycles. The Labute approximate surface area is 112 Å². The van der Waals surface area contributed by atoms with E-state index in [0.29, 0.717) is 6.42 Å². The maximum atomic E-state index is 11.6. The van der Waals surface area contributed by atoms with Gasteiger partial charge in [-0.3, -0.25) is 20.2 Å². The van der Waals surface area contributed by atoms with E-state index in [4.69, 9.17) is 16.3 Å². The Bertz CT molecular complexity index is 519. The van der Waals surface area contributed by atoms with Gasteiger partial charge in [-0.2, -0.15) is 0 Å². The molecule has 0 unspecified atom stereocenters. The first-order chi connectivity index (χ1) is 8.97. The molecule has 0 saturated heterocycles. The second-order valence-electron chi connectivity index (χ2n) is 3.39. The number of nitrogens with zero attached hydrogens (tertiary/aromatic N) is 2. The number of nitro groups is 2. The highest BCUT2D eigenvalue weighted by molar-refractivity contribution is 6.17. The molecule has 0 radical (unpaired) electrons. The van der Waals surface area contributed by atoms with Crippen molar-refractivity contribution < 1.29 is 19.4 Å². The van der Waals surface area contributed by atoms with Crippen LogP contribution in [0.15, 0.2) is 18.2 Å². The second kappa shape index (κ2) is 6.64. The van der Waals surface area contributed by atoms with Crippen molar-refractivity contribution in [3.63, 3.8) is 0 Å². The van der Waals surface area contributed by atoms with Gasteiger partial charge in [0, 0.05) is 11.9 Å². The van der Waals surface area contributed by atoms with Crippen molar-refractivity contribution in [1.82, 2.24) is 0 Å². The predicted molar refractivity (Wildman–Crippen MR) is 65.4 cm³/mol. The van der Waals surface area contributed by atoms with Crippen LogP contribution in [0.4, 0.5) is 11.4 Å². The lowest BCUT2D eigenvalue weighted by Gasteiger charge is -2.04. The van der Waals surface area contributed by atoms with E-state index >= 15 is 0 Å². The third kappa shape index (κ3) is 3.88. The molecule has 0 spiro atoms. The summed E-state index contributed by atoms with van der Waals surface area (Å²) in [7, 11) is 0. The van der Waals surface area contributed by atoms with Crippen molar-refractivity contribution in [3.05, 3.63) is 44.0 Å². The monoisotopic (exact) mass is 288 g/mol. The lowest BCUT2D eigenvalue weighted by molar-refractivity contribution is -0.394. The van der Waals surface area contributed by atoms with Crippen LogP contribution in [0.3, 0.4) is 0 Å². The Kier molecular flexibility index (Phi) is 5.19. The van der Waals surface area contributed by atoms with Crippen LogP contribution < -0.4 is 0 Å². The van der Waals surface area contributed by atoms with Gasteiger partial charge in [-0.1, -0.05) is 0 Å². The Morgan fingerprint density at radius 1 is 1.26 bits per heavy atom. The van der Waals surface area contributed by atoms with Gasteiger partial charge in [-0.05, 0) is 12.5 Å². The fraction of sp³-hybridized carbons (Fsp3) is 0.300. The molecule has 19 heavy (non-hydrogen) atoms. The Morgan fingerprint density at radius 2 is 1.95 bits per heavy atom. The van der Waals surface area contributed by atoms with E-state index in [9.17, 15) is 25.0 Å². The molecular formula is C10H9ClN2O6. The lowest BCUT2D eigenvalue weighted by atomic mass is 10.1. The lowest BCUT2D eigenvalue weighted by Crippen LogP contribution is -2.09. The predicted octanol–water partition coefficient (Wildman–Crippen LogP) is 2.29. The van der Waals surface area contributed by atoms with E-state index in [1.165, 1.54) is 0 Å². The van der Waals surface area contributed by atoms with E-state index in [1.807, 2.05) is 0 Å². The van der Waals surface area contributed by atoms with Crippen LogP contribution in [-0.2, 0) is 4.74 Å². The number of carbonyl (C=O) groups is 1. The van der Waals surface area contributed by atoms with Gasteiger partial charge < -0.3 is 4.74 Å². The zero-order valence-corrected chi connectivity index (χ0v) is 10.3. The molecule has 0 heterocycles. The Balaban J connectivity index is 3.03. The smallest absolute Gasteiger partial charge is 0.345 e. The van der Waals surface area contributed by atoms with E-state index in [-0.39, 0.29) is 18.1 Å². The van der Waals surface area contributed by atoms with Crippen LogP contribution >= 0.6 is 11.6 Å². The van der Waals surface area contributed by atoms with Crippen LogP contribution in [0.5, 0.6) is 0 Å². The third-order valence-electron chi connectivity index (χ3n) is 2.12. The van der Waals surface area contributed by atoms with Gasteiger partial charge in [0.05, 0.1) is 22.5 Å². The molecule has 0 bridgehead atoms. The zero-order chi connectivity index (χ0) is 14.4. The fourth-order valence-corrected chi connectivity index (χ4v) is 1.36. The zero-order valence-electron chi connectivity index (χ0n) is 9.58. The van der Waals surface area contributed by atoms with Crippen molar-refractivity contribution in [3.8, 4) is 0 Å². The average Bonchev–Trinajstić information content (AvgIpc) is 2.38. The minimum Gasteiger partial charge on any atom is -0.462 e. The average molecular weight is 289 g/mol. The summed E-state index contributed by atoms with van der Waals surface area (Å²) in [5, 5.41) is 21.3. The van der Waals surface area contributed by atoms with Gasteiger partial charge in [0.2, 0.25) is 0 Å².